The molecule has 0 radical (unpaired) electrons. The highest BCUT2D eigenvalue weighted by Gasteiger charge is 2.17. The van der Waals surface area contributed by atoms with E-state index in [4.69, 9.17) is 0 Å². The zero-order chi connectivity index (χ0) is 16.0. The van der Waals surface area contributed by atoms with Crippen LogP contribution in [0, 0.1) is 12.8 Å². The molecular weight excluding hydrogens is 264 g/mol. The first-order valence-electron chi connectivity index (χ1n) is 7.90. The molecule has 1 heterocycles. The molecule has 0 aliphatic carbocycles. The van der Waals surface area contributed by atoms with Gasteiger partial charge in [0.1, 0.15) is 17.5 Å². The lowest BCUT2D eigenvalue weighted by molar-refractivity contribution is 0.226. The van der Waals surface area contributed by atoms with Gasteiger partial charge in [-0.05, 0) is 26.2 Å². The molecular formula is C16H30N4O. The number of aliphatic hydroxyl groups is 1. The Morgan fingerprint density at radius 3 is 2.24 bits per heavy atom. The maximum atomic E-state index is 9.28. The summed E-state index contributed by atoms with van der Waals surface area (Å²) >= 11 is 0. The first-order chi connectivity index (χ1) is 9.90. The standard InChI is InChI=1S/C16H30N4O/c1-7-8-17-15-12(5)16(18-13(6)11(4)9-21)20-14(19-15)10(2)3/h10-11,13,21H,7-9H2,1-6H3,(H2,17,18,19,20). The van der Waals surface area contributed by atoms with Crippen molar-refractivity contribution < 1.29 is 5.11 Å². The van der Waals surface area contributed by atoms with Crippen molar-refractivity contribution in [2.75, 3.05) is 23.8 Å². The van der Waals surface area contributed by atoms with Gasteiger partial charge in [0.05, 0.1) is 0 Å². The van der Waals surface area contributed by atoms with Gasteiger partial charge in [0.25, 0.3) is 0 Å². The predicted molar refractivity (Wildman–Crippen MR) is 89.0 cm³/mol. The highest BCUT2D eigenvalue weighted by molar-refractivity contribution is 5.57. The Morgan fingerprint density at radius 1 is 1.10 bits per heavy atom. The van der Waals surface area contributed by atoms with Gasteiger partial charge in [0.15, 0.2) is 0 Å². The van der Waals surface area contributed by atoms with Crippen LogP contribution in [0.15, 0.2) is 0 Å². The van der Waals surface area contributed by atoms with Gasteiger partial charge in [-0.3, -0.25) is 0 Å². The first-order valence-corrected chi connectivity index (χ1v) is 7.90. The van der Waals surface area contributed by atoms with Crippen LogP contribution in [-0.4, -0.2) is 34.3 Å². The molecule has 1 aromatic rings. The third-order valence-electron chi connectivity index (χ3n) is 3.73. The van der Waals surface area contributed by atoms with Gasteiger partial charge >= 0.3 is 0 Å². The minimum atomic E-state index is 0.155. The van der Waals surface area contributed by atoms with E-state index in [1.54, 1.807) is 0 Å². The predicted octanol–water partition coefficient (Wildman–Crippen LogP) is 3.16. The second-order valence-electron chi connectivity index (χ2n) is 6.08. The van der Waals surface area contributed by atoms with Crippen LogP contribution in [0.3, 0.4) is 0 Å². The Hall–Kier alpha value is -1.36. The molecule has 0 fully saturated rings. The Morgan fingerprint density at radius 2 is 1.71 bits per heavy atom. The van der Waals surface area contributed by atoms with Crippen molar-refractivity contribution >= 4 is 11.6 Å². The topological polar surface area (TPSA) is 70.1 Å². The largest absolute Gasteiger partial charge is 0.396 e. The number of hydrogen-bond donors (Lipinski definition) is 3. The summed E-state index contributed by atoms with van der Waals surface area (Å²) in [6.07, 6.45) is 1.06. The zero-order valence-electron chi connectivity index (χ0n) is 14.2. The second-order valence-corrected chi connectivity index (χ2v) is 6.08. The fraction of sp³-hybridized carbons (Fsp3) is 0.750. The van der Waals surface area contributed by atoms with Gasteiger partial charge in [-0.25, -0.2) is 9.97 Å². The molecule has 0 aliphatic rings. The van der Waals surface area contributed by atoms with Crippen molar-refractivity contribution in [3.8, 4) is 0 Å². The van der Waals surface area contributed by atoms with E-state index in [1.165, 1.54) is 0 Å². The number of hydrogen-bond acceptors (Lipinski definition) is 5. The third kappa shape index (κ3) is 4.84. The first kappa shape index (κ1) is 17.7. The summed E-state index contributed by atoms with van der Waals surface area (Å²) in [5, 5.41) is 16.1. The van der Waals surface area contributed by atoms with E-state index in [1.807, 2.05) is 13.8 Å². The van der Waals surface area contributed by atoms with E-state index in [0.717, 1.165) is 36.0 Å². The summed E-state index contributed by atoms with van der Waals surface area (Å²) < 4.78 is 0. The monoisotopic (exact) mass is 294 g/mol. The molecule has 2 atom stereocenters. The average Bonchev–Trinajstić information content (AvgIpc) is 2.46. The summed E-state index contributed by atoms with van der Waals surface area (Å²) in [5.74, 6) is 3.06. The van der Waals surface area contributed by atoms with E-state index in [2.05, 4.69) is 48.3 Å². The molecule has 0 aliphatic heterocycles. The summed E-state index contributed by atoms with van der Waals surface area (Å²) in [4.78, 5) is 9.28. The smallest absolute Gasteiger partial charge is 0.135 e. The van der Waals surface area contributed by atoms with Crippen LogP contribution in [0.4, 0.5) is 11.6 Å². The normalized spacial score (nSPS) is 14.1. The van der Waals surface area contributed by atoms with Crippen molar-refractivity contribution in [1.82, 2.24) is 9.97 Å². The van der Waals surface area contributed by atoms with Gasteiger partial charge in [-0.15, -0.1) is 0 Å². The molecule has 5 nitrogen and oxygen atoms in total. The lowest BCUT2D eigenvalue weighted by atomic mass is 10.0. The fourth-order valence-electron chi connectivity index (χ4n) is 1.86. The van der Waals surface area contributed by atoms with Crippen LogP contribution < -0.4 is 10.6 Å². The molecule has 1 rings (SSSR count). The molecule has 21 heavy (non-hydrogen) atoms. The number of aromatic nitrogens is 2. The molecule has 1 aromatic heterocycles. The lowest BCUT2D eigenvalue weighted by Gasteiger charge is -2.23. The van der Waals surface area contributed by atoms with Gasteiger partial charge in [0.2, 0.25) is 0 Å². The molecule has 0 saturated heterocycles. The Balaban J connectivity index is 3.08. The number of nitrogens with one attached hydrogen (secondary N) is 2. The SMILES string of the molecule is CCCNc1nc(C(C)C)nc(NC(C)C(C)CO)c1C. The minimum absolute atomic E-state index is 0.155. The molecule has 0 spiro atoms. The maximum absolute atomic E-state index is 9.28. The van der Waals surface area contributed by atoms with E-state index in [9.17, 15) is 5.11 Å². The lowest BCUT2D eigenvalue weighted by Crippen LogP contribution is -2.27. The summed E-state index contributed by atoms with van der Waals surface area (Å²) in [5.41, 5.74) is 1.03. The molecule has 120 valence electrons. The van der Waals surface area contributed by atoms with E-state index >= 15 is 0 Å². The molecule has 3 N–H and O–H groups in total. The van der Waals surface area contributed by atoms with Crippen LogP contribution in [0.2, 0.25) is 0 Å². The van der Waals surface area contributed by atoms with Crippen molar-refractivity contribution in [3.63, 3.8) is 0 Å². The number of rotatable bonds is 8. The van der Waals surface area contributed by atoms with Gasteiger partial charge < -0.3 is 15.7 Å². The molecule has 0 amide bonds. The molecule has 0 saturated carbocycles. The van der Waals surface area contributed by atoms with Crippen molar-refractivity contribution in [3.05, 3.63) is 11.4 Å². The number of aliphatic hydroxyl groups excluding tert-OH is 1. The molecule has 5 heteroatoms. The fourth-order valence-corrected chi connectivity index (χ4v) is 1.86. The third-order valence-corrected chi connectivity index (χ3v) is 3.73. The molecule has 2 unspecified atom stereocenters. The van der Waals surface area contributed by atoms with Gasteiger partial charge in [-0.2, -0.15) is 0 Å². The van der Waals surface area contributed by atoms with Crippen molar-refractivity contribution in [2.24, 2.45) is 5.92 Å². The van der Waals surface area contributed by atoms with Crippen LogP contribution in [0.1, 0.15) is 58.3 Å². The highest BCUT2D eigenvalue weighted by atomic mass is 16.3. The van der Waals surface area contributed by atoms with E-state index < -0.39 is 0 Å². The van der Waals surface area contributed by atoms with Crippen LogP contribution in [0.25, 0.3) is 0 Å². The summed E-state index contributed by atoms with van der Waals surface area (Å²) in [7, 11) is 0. The summed E-state index contributed by atoms with van der Waals surface area (Å²) in [6, 6.07) is 0.155. The van der Waals surface area contributed by atoms with E-state index in [-0.39, 0.29) is 24.5 Å². The Bertz CT molecular complexity index is 448. The highest BCUT2D eigenvalue weighted by Crippen LogP contribution is 2.24. The minimum Gasteiger partial charge on any atom is -0.396 e. The Kier molecular flexibility index (Phi) is 6.89. The van der Waals surface area contributed by atoms with E-state index in [0.29, 0.717) is 0 Å². The van der Waals surface area contributed by atoms with Crippen molar-refractivity contribution in [2.45, 2.75) is 59.9 Å². The quantitative estimate of drug-likeness (QED) is 0.687. The maximum Gasteiger partial charge on any atom is 0.135 e. The molecule has 0 bridgehead atoms. The number of nitrogens with zero attached hydrogens (tertiary/aromatic N) is 2. The second kappa shape index (κ2) is 8.17. The summed E-state index contributed by atoms with van der Waals surface area (Å²) in [6.45, 7) is 13.5. The number of anilines is 2. The average molecular weight is 294 g/mol. The zero-order valence-corrected chi connectivity index (χ0v) is 14.2. The van der Waals surface area contributed by atoms with Crippen LogP contribution in [0.5, 0.6) is 0 Å². The van der Waals surface area contributed by atoms with Crippen LogP contribution >= 0.6 is 0 Å². The van der Waals surface area contributed by atoms with Crippen molar-refractivity contribution in [1.29, 1.82) is 0 Å². The van der Waals surface area contributed by atoms with Gasteiger partial charge in [-0.1, -0.05) is 27.7 Å². The van der Waals surface area contributed by atoms with Crippen LogP contribution in [-0.2, 0) is 0 Å². The molecule has 0 aromatic carbocycles. The van der Waals surface area contributed by atoms with Gasteiger partial charge in [0, 0.05) is 30.7 Å². The Labute approximate surface area is 128 Å².